The van der Waals surface area contributed by atoms with E-state index < -0.39 is 0 Å². The second kappa shape index (κ2) is 9.19. The van der Waals surface area contributed by atoms with Crippen molar-refractivity contribution in [1.82, 2.24) is 9.88 Å². The summed E-state index contributed by atoms with van der Waals surface area (Å²) >= 11 is 0. The zero-order valence-corrected chi connectivity index (χ0v) is 16.2. The average Bonchev–Trinajstić information content (AvgIpc) is 2.67. The van der Waals surface area contributed by atoms with Crippen LogP contribution in [-0.2, 0) is 6.42 Å². The van der Waals surface area contributed by atoms with E-state index in [0.717, 1.165) is 31.6 Å². The Bertz CT molecular complexity index is 846. The van der Waals surface area contributed by atoms with Crippen LogP contribution >= 0.6 is 0 Å². The highest BCUT2D eigenvalue weighted by Gasteiger charge is 2.16. The largest absolute Gasteiger partial charge is 0.396 e. The number of pyridine rings is 1. The molecule has 4 heteroatoms. The maximum atomic E-state index is 6.28. The van der Waals surface area contributed by atoms with Crippen LogP contribution < -0.4 is 10.6 Å². The second-order valence-corrected chi connectivity index (χ2v) is 7.03. The number of anilines is 3. The van der Waals surface area contributed by atoms with E-state index in [0.29, 0.717) is 5.69 Å². The van der Waals surface area contributed by atoms with Crippen molar-refractivity contribution in [2.24, 2.45) is 0 Å². The summed E-state index contributed by atoms with van der Waals surface area (Å²) in [6.07, 6.45) is 5.49. The quantitative estimate of drug-likeness (QED) is 0.649. The van der Waals surface area contributed by atoms with E-state index >= 15 is 0 Å². The number of hydrogen-bond acceptors (Lipinski definition) is 4. The van der Waals surface area contributed by atoms with Gasteiger partial charge in [0.25, 0.3) is 0 Å². The summed E-state index contributed by atoms with van der Waals surface area (Å²) in [5, 5.41) is 0. The number of nitrogen functional groups attached to an aromatic ring is 1. The van der Waals surface area contributed by atoms with Gasteiger partial charge in [0.1, 0.15) is 0 Å². The van der Waals surface area contributed by atoms with Gasteiger partial charge in [-0.15, -0.1) is 0 Å². The highest BCUT2D eigenvalue weighted by atomic mass is 15.2. The lowest BCUT2D eigenvalue weighted by Crippen LogP contribution is -2.24. The Hall–Kier alpha value is -2.85. The molecule has 2 N–H and O–H groups in total. The van der Waals surface area contributed by atoms with Gasteiger partial charge >= 0.3 is 0 Å². The van der Waals surface area contributed by atoms with Crippen molar-refractivity contribution in [3.8, 4) is 0 Å². The lowest BCUT2D eigenvalue weighted by atomic mass is 10.0. The summed E-state index contributed by atoms with van der Waals surface area (Å²) < 4.78 is 0. The van der Waals surface area contributed by atoms with E-state index in [2.05, 4.69) is 83.5 Å². The Labute approximate surface area is 162 Å². The molecule has 0 fully saturated rings. The summed E-state index contributed by atoms with van der Waals surface area (Å²) in [5.41, 5.74) is 11.8. The van der Waals surface area contributed by atoms with Crippen LogP contribution in [0.3, 0.4) is 0 Å². The van der Waals surface area contributed by atoms with Crippen LogP contribution in [0.2, 0.25) is 0 Å². The van der Waals surface area contributed by atoms with Crippen molar-refractivity contribution >= 4 is 17.1 Å². The summed E-state index contributed by atoms with van der Waals surface area (Å²) in [6, 6.07) is 21.2. The van der Waals surface area contributed by atoms with E-state index in [4.69, 9.17) is 5.73 Å². The summed E-state index contributed by atoms with van der Waals surface area (Å²) in [6.45, 7) is 1.93. The normalized spacial score (nSPS) is 10.9. The van der Waals surface area contributed by atoms with Crippen molar-refractivity contribution < 1.29 is 0 Å². The summed E-state index contributed by atoms with van der Waals surface area (Å²) in [7, 11) is 4.21. The van der Waals surface area contributed by atoms with Gasteiger partial charge < -0.3 is 15.5 Å². The first-order chi connectivity index (χ1) is 13.1. The fourth-order valence-electron chi connectivity index (χ4n) is 3.30. The highest BCUT2D eigenvalue weighted by molar-refractivity contribution is 5.75. The first-order valence-corrected chi connectivity index (χ1v) is 9.38. The standard InChI is InChI=1S/C23H28N4/c1-26(2)15-8-16-27(23-13-14-25-18-21(23)24)22-12-7-6-11-20(22)17-19-9-4-3-5-10-19/h3-7,9-14,18H,8,15-17,24H2,1-2H3. The van der Waals surface area contributed by atoms with Crippen LogP contribution in [-0.4, -0.2) is 37.1 Å². The second-order valence-electron chi connectivity index (χ2n) is 7.03. The monoisotopic (exact) mass is 360 g/mol. The number of aromatic nitrogens is 1. The van der Waals surface area contributed by atoms with E-state index in [-0.39, 0.29) is 0 Å². The average molecular weight is 361 g/mol. The zero-order valence-electron chi connectivity index (χ0n) is 16.2. The topological polar surface area (TPSA) is 45.4 Å². The van der Waals surface area contributed by atoms with E-state index in [1.165, 1.54) is 16.8 Å². The minimum Gasteiger partial charge on any atom is -0.396 e. The van der Waals surface area contributed by atoms with Gasteiger partial charge in [-0.05, 0) is 56.7 Å². The van der Waals surface area contributed by atoms with Gasteiger partial charge in [-0.2, -0.15) is 0 Å². The maximum Gasteiger partial charge on any atom is 0.0741 e. The molecule has 2 aromatic carbocycles. The van der Waals surface area contributed by atoms with Crippen molar-refractivity contribution in [2.75, 3.05) is 37.8 Å². The van der Waals surface area contributed by atoms with E-state index in [1.807, 2.05) is 12.3 Å². The number of benzene rings is 2. The molecule has 27 heavy (non-hydrogen) atoms. The van der Waals surface area contributed by atoms with Crippen LogP contribution in [0.4, 0.5) is 17.1 Å². The predicted molar refractivity (Wildman–Crippen MR) is 115 cm³/mol. The molecule has 0 amide bonds. The smallest absolute Gasteiger partial charge is 0.0741 e. The number of para-hydroxylation sites is 1. The molecule has 1 heterocycles. The molecule has 0 aliphatic heterocycles. The molecule has 0 saturated carbocycles. The molecule has 4 nitrogen and oxygen atoms in total. The minimum absolute atomic E-state index is 0.705. The maximum absolute atomic E-state index is 6.28. The molecular weight excluding hydrogens is 332 g/mol. The van der Waals surface area contributed by atoms with Crippen LogP contribution in [0, 0.1) is 0 Å². The van der Waals surface area contributed by atoms with E-state index in [1.54, 1.807) is 6.20 Å². The van der Waals surface area contributed by atoms with Gasteiger partial charge in [0.05, 0.1) is 17.6 Å². The first-order valence-electron chi connectivity index (χ1n) is 9.38. The summed E-state index contributed by atoms with van der Waals surface area (Å²) in [4.78, 5) is 8.70. The van der Waals surface area contributed by atoms with Gasteiger partial charge in [-0.3, -0.25) is 4.98 Å². The van der Waals surface area contributed by atoms with Crippen molar-refractivity contribution in [1.29, 1.82) is 0 Å². The highest BCUT2D eigenvalue weighted by Crippen LogP contribution is 2.33. The molecule has 0 spiro atoms. The Balaban J connectivity index is 1.95. The van der Waals surface area contributed by atoms with Crippen LogP contribution in [0.5, 0.6) is 0 Å². The molecule has 0 radical (unpaired) electrons. The van der Waals surface area contributed by atoms with Gasteiger partial charge in [0, 0.05) is 18.4 Å². The molecule has 0 atom stereocenters. The molecular formula is C23H28N4. The molecule has 3 rings (SSSR count). The van der Waals surface area contributed by atoms with Gasteiger partial charge in [0.2, 0.25) is 0 Å². The SMILES string of the molecule is CN(C)CCCN(c1ccncc1N)c1ccccc1Cc1ccccc1. The molecule has 3 aromatic rings. The lowest BCUT2D eigenvalue weighted by Gasteiger charge is -2.29. The number of nitrogens with two attached hydrogens (primary N) is 1. The fraction of sp³-hybridized carbons (Fsp3) is 0.261. The number of nitrogens with zero attached hydrogens (tertiary/aromatic N) is 3. The third-order valence-corrected chi connectivity index (χ3v) is 4.63. The predicted octanol–water partition coefficient (Wildman–Crippen LogP) is 4.34. The Morgan fingerprint density at radius 3 is 2.33 bits per heavy atom. The number of hydrogen-bond donors (Lipinski definition) is 1. The van der Waals surface area contributed by atoms with Crippen LogP contribution in [0.25, 0.3) is 0 Å². The molecule has 0 saturated heterocycles. The Morgan fingerprint density at radius 2 is 1.59 bits per heavy atom. The fourth-order valence-corrected chi connectivity index (χ4v) is 3.30. The molecule has 1 aromatic heterocycles. The van der Waals surface area contributed by atoms with Crippen LogP contribution in [0.1, 0.15) is 17.5 Å². The van der Waals surface area contributed by atoms with E-state index in [9.17, 15) is 0 Å². The van der Waals surface area contributed by atoms with Gasteiger partial charge in [0.15, 0.2) is 0 Å². The minimum atomic E-state index is 0.705. The summed E-state index contributed by atoms with van der Waals surface area (Å²) in [5.74, 6) is 0. The molecule has 0 bridgehead atoms. The van der Waals surface area contributed by atoms with Crippen LogP contribution in [0.15, 0.2) is 73.1 Å². The molecule has 140 valence electrons. The molecule has 0 unspecified atom stereocenters. The third-order valence-electron chi connectivity index (χ3n) is 4.63. The van der Waals surface area contributed by atoms with Crippen molar-refractivity contribution in [3.63, 3.8) is 0 Å². The lowest BCUT2D eigenvalue weighted by molar-refractivity contribution is 0.402. The van der Waals surface area contributed by atoms with Gasteiger partial charge in [-0.1, -0.05) is 48.5 Å². The van der Waals surface area contributed by atoms with Crippen molar-refractivity contribution in [2.45, 2.75) is 12.8 Å². The first kappa shape index (κ1) is 18.9. The Morgan fingerprint density at radius 1 is 0.852 bits per heavy atom. The molecule has 0 aliphatic rings. The van der Waals surface area contributed by atoms with Gasteiger partial charge in [-0.25, -0.2) is 0 Å². The third kappa shape index (κ3) is 5.08. The molecule has 0 aliphatic carbocycles. The zero-order chi connectivity index (χ0) is 19.1. The van der Waals surface area contributed by atoms with Crippen molar-refractivity contribution in [3.05, 3.63) is 84.2 Å². The number of rotatable bonds is 8. The Kier molecular flexibility index (Phi) is 6.44.